The van der Waals surface area contributed by atoms with E-state index in [-0.39, 0.29) is 17.8 Å². The fourth-order valence-corrected chi connectivity index (χ4v) is 3.05. The molecule has 1 aliphatic rings. The van der Waals surface area contributed by atoms with Crippen molar-refractivity contribution >= 4 is 5.91 Å². The third-order valence-electron chi connectivity index (χ3n) is 4.34. The van der Waals surface area contributed by atoms with Gasteiger partial charge in [0.25, 0.3) is 5.91 Å². The molecular weight excluding hydrogens is 310 g/mol. The molecular formula is C19H20F2N2O. The van der Waals surface area contributed by atoms with Gasteiger partial charge in [0.15, 0.2) is 0 Å². The van der Waals surface area contributed by atoms with Gasteiger partial charge in [0.2, 0.25) is 0 Å². The van der Waals surface area contributed by atoms with E-state index in [0.29, 0.717) is 22.3 Å². The summed E-state index contributed by atoms with van der Waals surface area (Å²) in [5, 5.41) is 6.15. The molecule has 0 unspecified atom stereocenters. The SMILES string of the molecule is Cc1cc(F)ccc1-c1ccc(C(=O)N[C@H]2CCCNC2)cc1F. The van der Waals surface area contributed by atoms with E-state index < -0.39 is 5.82 Å². The Morgan fingerprint density at radius 3 is 2.62 bits per heavy atom. The molecule has 1 fully saturated rings. The molecule has 1 amide bonds. The van der Waals surface area contributed by atoms with Crippen molar-refractivity contribution in [2.45, 2.75) is 25.8 Å². The number of halogens is 2. The molecule has 0 spiro atoms. The minimum Gasteiger partial charge on any atom is -0.348 e. The maximum absolute atomic E-state index is 14.5. The highest BCUT2D eigenvalue weighted by molar-refractivity contribution is 5.95. The van der Waals surface area contributed by atoms with Gasteiger partial charge in [0.1, 0.15) is 11.6 Å². The molecule has 2 aromatic carbocycles. The second-order valence-corrected chi connectivity index (χ2v) is 6.17. The molecule has 0 bridgehead atoms. The molecule has 1 atom stereocenters. The summed E-state index contributed by atoms with van der Waals surface area (Å²) in [6.07, 6.45) is 1.94. The van der Waals surface area contributed by atoms with E-state index in [4.69, 9.17) is 0 Å². The molecule has 0 radical (unpaired) electrons. The first kappa shape index (κ1) is 16.6. The lowest BCUT2D eigenvalue weighted by Crippen LogP contribution is -2.45. The zero-order valence-corrected chi connectivity index (χ0v) is 13.5. The Kier molecular flexibility index (Phi) is 4.90. The monoisotopic (exact) mass is 330 g/mol. The molecule has 2 N–H and O–H groups in total. The van der Waals surface area contributed by atoms with E-state index in [1.807, 2.05) is 0 Å². The molecule has 0 aromatic heterocycles. The van der Waals surface area contributed by atoms with E-state index in [2.05, 4.69) is 10.6 Å². The van der Waals surface area contributed by atoms with Gasteiger partial charge in [-0.05, 0) is 61.7 Å². The van der Waals surface area contributed by atoms with Gasteiger partial charge >= 0.3 is 0 Å². The van der Waals surface area contributed by atoms with Crippen LogP contribution in [0.3, 0.4) is 0 Å². The Bertz CT molecular complexity index is 755. The van der Waals surface area contributed by atoms with E-state index in [9.17, 15) is 13.6 Å². The number of rotatable bonds is 3. The highest BCUT2D eigenvalue weighted by atomic mass is 19.1. The van der Waals surface area contributed by atoms with Crippen LogP contribution >= 0.6 is 0 Å². The lowest BCUT2D eigenvalue weighted by molar-refractivity contribution is 0.0930. The second kappa shape index (κ2) is 7.09. The van der Waals surface area contributed by atoms with Crippen molar-refractivity contribution in [2.24, 2.45) is 0 Å². The summed E-state index contributed by atoms with van der Waals surface area (Å²) in [6.45, 7) is 3.43. The quantitative estimate of drug-likeness (QED) is 0.905. The highest BCUT2D eigenvalue weighted by Gasteiger charge is 2.18. The third kappa shape index (κ3) is 3.62. The van der Waals surface area contributed by atoms with Crippen molar-refractivity contribution in [3.05, 3.63) is 59.2 Å². The zero-order chi connectivity index (χ0) is 17.1. The Morgan fingerprint density at radius 1 is 1.17 bits per heavy atom. The molecule has 0 saturated carbocycles. The molecule has 5 heteroatoms. The standard InChI is InChI=1S/C19H20F2N2O/c1-12-9-14(20)5-7-16(12)17-6-4-13(10-18(17)21)19(24)23-15-3-2-8-22-11-15/h4-7,9-10,15,22H,2-3,8,11H2,1H3,(H,23,24)/t15-/m0/s1. The maximum Gasteiger partial charge on any atom is 0.251 e. The normalized spacial score (nSPS) is 17.5. The minimum atomic E-state index is -0.487. The van der Waals surface area contributed by atoms with E-state index in [0.717, 1.165) is 25.9 Å². The largest absolute Gasteiger partial charge is 0.348 e. The van der Waals surface area contributed by atoms with Crippen LogP contribution < -0.4 is 10.6 Å². The van der Waals surface area contributed by atoms with E-state index in [1.165, 1.54) is 18.2 Å². The average molecular weight is 330 g/mol. The van der Waals surface area contributed by atoms with Gasteiger partial charge in [-0.25, -0.2) is 8.78 Å². The number of carbonyl (C=O) groups excluding carboxylic acids is 1. The van der Waals surface area contributed by atoms with Crippen molar-refractivity contribution in [1.29, 1.82) is 0 Å². The number of piperidine rings is 1. The number of carbonyl (C=O) groups is 1. The molecule has 24 heavy (non-hydrogen) atoms. The fraction of sp³-hybridized carbons (Fsp3) is 0.316. The van der Waals surface area contributed by atoms with Gasteiger partial charge in [0.05, 0.1) is 0 Å². The van der Waals surface area contributed by atoms with Crippen LogP contribution in [-0.4, -0.2) is 25.0 Å². The summed E-state index contributed by atoms with van der Waals surface area (Å²) in [7, 11) is 0. The predicted molar refractivity (Wildman–Crippen MR) is 89.9 cm³/mol. The first-order valence-electron chi connectivity index (χ1n) is 8.12. The van der Waals surface area contributed by atoms with Crippen LogP contribution in [0, 0.1) is 18.6 Å². The third-order valence-corrected chi connectivity index (χ3v) is 4.34. The first-order chi connectivity index (χ1) is 11.5. The number of nitrogens with one attached hydrogen (secondary N) is 2. The number of aryl methyl sites for hydroxylation is 1. The van der Waals surface area contributed by atoms with Crippen molar-refractivity contribution in [3.63, 3.8) is 0 Å². The summed E-state index contributed by atoms with van der Waals surface area (Å²) in [6, 6.07) is 8.72. The van der Waals surface area contributed by atoms with Crippen LogP contribution in [0.25, 0.3) is 11.1 Å². The zero-order valence-electron chi connectivity index (χ0n) is 13.5. The predicted octanol–water partition coefficient (Wildman–Crippen LogP) is 3.42. The Hall–Kier alpha value is -2.27. The molecule has 1 saturated heterocycles. The van der Waals surface area contributed by atoms with Crippen molar-refractivity contribution in [2.75, 3.05) is 13.1 Å². The van der Waals surface area contributed by atoms with Crippen LogP contribution in [0.2, 0.25) is 0 Å². The molecule has 0 aliphatic carbocycles. The number of hydrogen-bond acceptors (Lipinski definition) is 2. The van der Waals surface area contributed by atoms with Crippen LogP contribution in [0.4, 0.5) is 8.78 Å². The Balaban J connectivity index is 1.80. The molecule has 126 valence electrons. The van der Waals surface area contributed by atoms with E-state index in [1.54, 1.807) is 25.1 Å². The number of hydrogen-bond donors (Lipinski definition) is 2. The van der Waals surface area contributed by atoms with Crippen LogP contribution in [0.1, 0.15) is 28.8 Å². The van der Waals surface area contributed by atoms with Crippen LogP contribution in [0.15, 0.2) is 36.4 Å². The Labute approximate surface area is 140 Å². The smallest absolute Gasteiger partial charge is 0.251 e. The fourth-order valence-electron chi connectivity index (χ4n) is 3.05. The van der Waals surface area contributed by atoms with Crippen molar-refractivity contribution in [3.8, 4) is 11.1 Å². The van der Waals surface area contributed by atoms with Gasteiger partial charge in [-0.1, -0.05) is 12.1 Å². The van der Waals surface area contributed by atoms with Gasteiger partial charge < -0.3 is 10.6 Å². The van der Waals surface area contributed by atoms with Gasteiger partial charge in [-0.3, -0.25) is 4.79 Å². The molecule has 1 heterocycles. The lowest BCUT2D eigenvalue weighted by atomic mass is 9.98. The van der Waals surface area contributed by atoms with Gasteiger partial charge in [0, 0.05) is 23.7 Å². The summed E-state index contributed by atoms with van der Waals surface area (Å²) in [5.74, 6) is -1.11. The lowest BCUT2D eigenvalue weighted by Gasteiger charge is -2.23. The second-order valence-electron chi connectivity index (χ2n) is 6.17. The van der Waals surface area contributed by atoms with Crippen molar-refractivity contribution in [1.82, 2.24) is 10.6 Å². The molecule has 1 aliphatic heterocycles. The van der Waals surface area contributed by atoms with E-state index >= 15 is 0 Å². The summed E-state index contributed by atoms with van der Waals surface area (Å²) >= 11 is 0. The summed E-state index contributed by atoms with van der Waals surface area (Å²) in [5.41, 5.74) is 1.93. The summed E-state index contributed by atoms with van der Waals surface area (Å²) in [4.78, 5) is 12.3. The highest BCUT2D eigenvalue weighted by Crippen LogP contribution is 2.27. The summed E-state index contributed by atoms with van der Waals surface area (Å²) < 4.78 is 27.7. The Morgan fingerprint density at radius 2 is 1.96 bits per heavy atom. The van der Waals surface area contributed by atoms with Gasteiger partial charge in [-0.15, -0.1) is 0 Å². The van der Waals surface area contributed by atoms with Crippen LogP contribution in [-0.2, 0) is 0 Å². The van der Waals surface area contributed by atoms with Gasteiger partial charge in [-0.2, -0.15) is 0 Å². The van der Waals surface area contributed by atoms with Crippen molar-refractivity contribution < 1.29 is 13.6 Å². The maximum atomic E-state index is 14.5. The number of amides is 1. The molecule has 3 rings (SSSR count). The topological polar surface area (TPSA) is 41.1 Å². The number of benzene rings is 2. The minimum absolute atomic E-state index is 0.0772. The first-order valence-corrected chi connectivity index (χ1v) is 8.12. The average Bonchev–Trinajstić information content (AvgIpc) is 2.56. The molecule has 3 nitrogen and oxygen atoms in total. The molecule has 2 aromatic rings. The van der Waals surface area contributed by atoms with Crippen LogP contribution in [0.5, 0.6) is 0 Å².